The number of rotatable bonds is 8. The lowest BCUT2D eigenvalue weighted by Crippen LogP contribution is -2.41. The molecule has 0 aliphatic rings. The Hall–Kier alpha value is -1.10. The maximum atomic E-state index is 4.63. The van der Waals surface area contributed by atoms with E-state index in [1.807, 2.05) is 7.05 Å². The summed E-state index contributed by atoms with van der Waals surface area (Å²) in [6.07, 6.45) is 5.02. The van der Waals surface area contributed by atoms with Gasteiger partial charge in [0.2, 0.25) is 0 Å². The Labute approximate surface area is 133 Å². The average molecular weight is 311 g/mol. The lowest BCUT2D eigenvalue weighted by molar-refractivity contribution is 0.546. The normalized spacial score (nSPS) is 13.5. The van der Waals surface area contributed by atoms with Gasteiger partial charge in [-0.2, -0.15) is 0 Å². The van der Waals surface area contributed by atoms with Gasteiger partial charge in [-0.1, -0.05) is 40.0 Å². The van der Waals surface area contributed by atoms with Crippen molar-refractivity contribution in [2.75, 3.05) is 7.05 Å². The molecule has 1 aromatic heterocycles. The van der Waals surface area contributed by atoms with Gasteiger partial charge in [-0.15, -0.1) is 11.3 Å². The number of nitrogens with zero attached hydrogens (tertiary/aromatic N) is 2. The molecule has 0 radical (unpaired) electrons. The van der Waals surface area contributed by atoms with Crippen LogP contribution in [-0.2, 0) is 6.54 Å². The molecule has 0 saturated carbocycles. The molecule has 1 rings (SSSR count). The highest BCUT2D eigenvalue weighted by atomic mass is 32.1. The summed E-state index contributed by atoms with van der Waals surface area (Å²) in [5.41, 5.74) is 1.09. The van der Waals surface area contributed by atoms with Gasteiger partial charge in [0.15, 0.2) is 5.96 Å². The van der Waals surface area contributed by atoms with E-state index in [-0.39, 0.29) is 0 Å². The fourth-order valence-electron chi connectivity index (χ4n) is 2.04. The van der Waals surface area contributed by atoms with E-state index in [1.54, 1.807) is 11.3 Å². The minimum atomic E-state index is 0.449. The summed E-state index contributed by atoms with van der Waals surface area (Å²) < 4.78 is 0. The van der Waals surface area contributed by atoms with Gasteiger partial charge in [0.1, 0.15) is 0 Å². The maximum absolute atomic E-state index is 4.63. The van der Waals surface area contributed by atoms with Gasteiger partial charge < -0.3 is 10.6 Å². The molecule has 0 aliphatic heterocycles. The van der Waals surface area contributed by atoms with Gasteiger partial charge in [-0.05, 0) is 13.3 Å². The van der Waals surface area contributed by atoms with Crippen molar-refractivity contribution < 1.29 is 0 Å². The molecule has 0 amide bonds. The molecule has 5 heteroatoms. The molecule has 21 heavy (non-hydrogen) atoms. The number of unbranched alkanes of at least 4 members (excludes halogenated alkanes) is 2. The predicted octanol–water partition coefficient (Wildman–Crippen LogP) is 3.90. The highest BCUT2D eigenvalue weighted by molar-refractivity contribution is 7.09. The fourth-order valence-corrected chi connectivity index (χ4v) is 2.88. The van der Waals surface area contributed by atoms with Crippen LogP contribution in [0.2, 0.25) is 0 Å². The van der Waals surface area contributed by atoms with Crippen molar-refractivity contribution in [1.82, 2.24) is 15.6 Å². The van der Waals surface area contributed by atoms with E-state index in [1.165, 1.54) is 30.7 Å². The molecule has 4 nitrogen and oxygen atoms in total. The maximum Gasteiger partial charge on any atom is 0.191 e. The zero-order valence-corrected chi connectivity index (χ0v) is 14.9. The molecule has 120 valence electrons. The molecule has 1 aromatic rings. The van der Waals surface area contributed by atoms with E-state index >= 15 is 0 Å². The summed E-state index contributed by atoms with van der Waals surface area (Å²) in [4.78, 5) is 8.91. The first-order chi connectivity index (χ1) is 10.1. The molecule has 0 aliphatic carbocycles. The third-order valence-corrected chi connectivity index (χ3v) is 4.54. The average Bonchev–Trinajstić information content (AvgIpc) is 2.92. The van der Waals surface area contributed by atoms with E-state index in [4.69, 9.17) is 0 Å². The largest absolute Gasteiger partial charge is 0.354 e. The van der Waals surface area contributed by atoms with Gasteiger partial charge in [-0.3, -0.25) is 4.99 Å². The van der Waals surface area contributed by atoms with Crippen LogP contribution >= 0.6 is 11.3 Å². The monoisotopic (exact) mass is 310 g/mol. The van der Waals surface area contributed by atoms with Gasteiger partial charge in [0.25, 0.3) is 0 Å². The number of guanidine groups is 1. The lowest BCUT2D eigenvalue weighted by Gasteiger charge is -2.17. The Kier molecular flexibility index (Phi) is 8.35. The van der Waals surface area contributed by atoms with E-state index < -0.39 is 0 Å². The van der Waals surface area contributed by atoms with Gasteiger partial charge >= 0.3 is 0 Å². The molecule has 1 heterocycles. The number of aliphatic imine (C=N–C) groups is 1. The molecule has 0 saturated heterocycles. The molecule has 2 N–H and O–H groups in total. The Balaban J connectivity index is 2.36. The summed E-state index contributed by atoms with van der Waals surface area (Å²) in [5.74, 6) is 1.36. The van der Waals surface area contributed by atoms with Crippen molar-refractivity contribution >= 4 is 17.3 Å². The Morgan fingerprint density at radius 2 is 2.10 bits per heavy atom. The molecular formula is C16H30N4S. The minimum Gasteiger partial charge on any atom is -0.354 e. The second-order valence-corrected chi connectivity index (χ2v) is 6.69. The first-order valence-electron chi connectivity index (χ1n) is 7.98. The van der Waals surface area contributed by atoms with Crippen molar-refractivity contribution in [1.29, 1.82) is 0 Å². The molecule has 1 atom stereocenters. The SMILES string of the molecule is CCCCCC(C)NC(=NC)NCc1csc(C(C)C)n1. The second-order valence-electron chi connectivity index (χ2n) is 5.80. The summed E-state index contributed by atoms with van der Waals surface area (Å²) in [6.45, 7) is 9.52. The number of nitrogens with one attached hydrogen (secondary N) is 2. The molecule has 1 unspecified atom stereocenters. The summed E-state index contributed by atoms with van der Waals surface area (Å²) in [5, 5.41) is 10.1. The fraction of sp³-hybridized carbons (Fsp3) is 0.750. The zero-order valence-electron chi connectivity index (χ0n) is 14.1. The van der Waals surface area contributed by atoms with Crippen molar-refractivity contribution in [2.24, 2.45) is 4.99 Å². The van der Waals surface area contributed by atoms with Crippen LogP contribution in [0.3, 0.4) is 0 Å². The van der Waals surface area contributed by atoms with Gasteiger partial charge in [0.05, 0.1) is 17.2 Å². The van der Waals surface area contributed by atoms with Crippen LogP contribution in [0.4, 0.5) is 0 Å². The summed E-state index contributed by atoms with van der Waals surface area (Å²) >= 11 is 1.73. The molecule has 0 bridgehead atoms. The minimum absolute atomic E-state index is 0.449. The molecule has 0 spiro atoms. The van der Waals surface area contributed by atoms with Crippen molar-refractivity contribution in [2.45, 2.75) is 71.9 Å². The Bertz CT molecular complexity index is 426. The Morgan fingerprint density at radius 3 is 2.67 bits per heavy atom. The van der Waals surface area contributed by atoms with Crippen molar-refractivity contribution in [3.63, 3.8) is 0 Å². The van der Waals surface area contributed by atoms with E-state index in [0.717, 1.165) is 18.2 Å². The van der Waals surface area contributed by atoms with Crippen molar-refractivity contribution in [3.8, 4) is 0 Å². The number of aromatic nitrogens is 1. The molecule has 0 fully saturated rings. The highest BCUT2D eigenvalue weighted by Gasteiger charge is 2.08. The quantitative estimate of drug-likeness (QED) is 0.435. The molecule has 0 aromatic carbocycles. The number of hydrogen-bond donors (Lipinski definition) is 2. The van der Waals surface area contributed by atoms with Crippen LogP contribution in [0.25, 0.3) is 0 Å². The molecular weight excluding hydrogens is 280 g/mol. The first kappa shape index (κ1) is 18.0. The van der Waals surface area contributed by atoms with E-state index in [0.29, 0.717) is 12.0 Å². The van der Waals surface area contributed by atoms with Crippen LogP contribution < -0.4 is 10.6 Å². The summed E-state index contributed by atoms with van der Waals surface area (Å²) in [6, 6.07) is 0.449. The standard InChI is InChI=1S/C16H30N4S/c1-6-7-8-9-13(4)19-16(17-5)18-10-14-11-21-15(20-14)12(2)3/h11-13H,6-10H2,1-5H3,(H2,17,18,19). The first-order valence-corrected chi connectivity index (χ1v) is 8.86. The second kappa shape index (κ2) is 9.77. The third-order valence-electron chi connectivity index (χ3n) is 3.35. The van der Waals surface area contributed by atoms with Crippen molar-refractivity contribution in [3.05, 3.63) is 16.1 Å². The van der Waals surface area contributed by atoms with Crippen LogP contribution in [0.5, 0.6) is 0 Å². The third kappa shape index (κ3) is 6.93. The van der Waals surface area contributed by atoms with E-state index in [9.17, 15) is 0 Å². The van der Waals surface area contributed by atoms with Crippen LogP contribution in [0.15, 0.2) is 10.4 Å². The van der Waals surface area contributed by atoms with Gasteiger partial charge in [0, 0.05) is 24.4 Å². The van der Waals surface area contributed by atoms with Crippen LogP contribution in [0, 0.1) is 0 Å². The smallest absolute Gasteiger partial charge is 0.191 e. The van der Waals surface area contributed by atoms with E-state index in [2.05, 4.69) is 53.7 Å². The zero-order chi connectivity index (χ0) is 15.7. The number of thiazole rings is 1. The topological polar surface area (TPSA) is 49.3 Å². The lowest BCUT2D eigenvalue weighted by atomic mass is 10.1. The van der Waals surface area contributed by atoms with Crippen LogP contribution in [-0.4, -0.2) is 24.0 Å². The van der Waals surface area contributed by atoms with Gasteiger partial charge in [-0.25, -0.2) is 4.98 Å². The Morgan fingerprint density at radius 1 is 1.33 bits per heavy atom. The highest BCUT2D eigenvalue weighted by Crippen LogP contribution is 2.18. The number of hydrogen-bond acceptors (Lipinski definition) is 3. The predicted molar refractivity (Wildman–Crippen MR) is 93.1 cm³/mol. The summed E-state index contributed by atoms with van der Waals surface area (Å²) in [7, 11) is 1.81. The van der Waals surface area contributed by atoms with Crippen LogP contribution in [0.1, 0.15) is 70.0 Å².